The van der Waals surface area contributed by atoms with Crippen molar-refractivity contribution in [3.63, 3.8) is 0 Å². The van der Waals surface area contributed by atoms with Crippen molar-refractivity contribution in [1.82, 2.24) is 9.55 Å². The van der Waals surface area contributed by atoms with Crippen LogP contribution in [0.4, 0.5) is 5.95 Å². The number of nitrogens with zero attached hydrogens (tertiary/aromatic N) is 2. The van der Waals surface area contributed by atoms with Crippen molar-refractivity contribution in [2.75, 3.05) is 11.9 Å². The Kier molecular flexibility index (Phi) is 1.61. The second-order valence-electron chi connectivity index (χ2n) is 3.31. The van der Waals surface area contributed by atoms with Gasteiger partial charge in [0.1, 0.15) is 4.83 Å². The fourth-order valence-electron chi connectivity index (χ4n) is 1.73. The standard InChI is InChI=1S/C9H9N3OS/c13-8-6-2-5-14-7(6)11-9-10-3-1-4-12(8)9/h2,5H,1,3-4H2,(H,10,11). The fraction of sp³-hybridized carbons (Fsp3) is 0.333. The SMILES string of the molecule is O=c1c2ccsc2nc2n1CCCN2. The molecule has 2 aromatic heterocycles. The van der Waals surface area contributed by atoms with Crippen LogP contribution in [0.1, 0.15) is 6.42 Å². The summed E-state index contributed by atoms with van der Waals surface area (Å²) in [6.45, 7) is 1.68. The van der Waals surface area contributed by atoms with Crippen LogP contribution in [0.15, 0.2) is 16.2 Å². The third kappa shape index (κ3) is 0.988. The molecule has 0 saturated carbocycles. The summed E-state index contributed by atoms with van der Waals surface area (Å²) in [5.74, 6) is 0.719. The summed E-state index contributed by atoms with van der Waals surface area (Å²) >= 11 is 1.51. The van der Waals surface area contributed by atoms with E-state index in [9.17, 15) is 4.79 Å². The lowest BCUT2D eigenvalue weighted by Crippen LogP contribution is -2.29. The lowest BCUT2D eigenvalue weighted by atomic mass is 10.3. The molecule has 0 bridgehead atoms. The average Bonchev–Trinajstić information content (AvgIpc) is 2.66. The molecule has 1 N–H and O–H groups in total. The molecule has 14 heavy (non-hydrogen) atoms. The maximum atomic E-state index is 11.9. The summed E-state index contributed by atoms with van der Waals surface area (Å²) in [5, 5.41) is 5.79. The number of fused-ring (bicyclic) bond motifs is 2. The first-order valence-corrected chi connectivity index (χ1v) is 5.46. The normalized spacial score (nSPS) is 15.1. The number of nitrogens with one attached hydrogen (secondary N) is 1. The van der Waals surface area contributed by atoms with Gasteiger partial charge in [0.15, 0.2) is 0 Å². The first kappa shape index (κ1) is 7.99. The van der Waals surface area contributed by atoms with Gasteiger partial charge in [0.2, 0.25) is 5.95 Å². The van der Waals surface area contributed by atoms with Crippen LogP contribution < -0.4 is 10.9 Å². The van der Waals surface area contributed by atoms with E-state index in [0.717, 1.165) is 35.7 Å². The molecule has 0 aromatic carbocycles. The van der Waals surface area contributed by atoms with E-state index in [-0.39, 0.29) is 5.56 Å². The Hall–Kier alpha value is -1.36. The van der Waals surface area contributed by atoms with E-state index in [4.69, 9.17) is 0 Å². The zero-order chi connectivity index (χ0) is 9.54. The highest BCUT2D eigenvalue weighted by Crippen LogP contribution is 2.18. The van der Waals surface area contributed by atoms with Crippen molar-refractivity contribution >= 4 is 27.5 Å². The van der Waals surface area contributed by atoms with Gasteiger partial charge in [-0.2, -0.15) is 0 Å². The van der Waals surface area contributed by atoms with Crippen LogP contribution in [-0.2, 0) is 6.54 Å². The molecule has 2 aromatic rings. The number of rotatable bonds is 0. The van der Waals surface area contributed by atoms with Crippen LogP contribution in [0.5, 0.6) is 0 Å². The monoisotopic (exact) mass is 207 g/mol. The fourth-order valence-corrected chi connectivity index (χ4v) is 2.48. The van der Waals surface area contributed by atoms with Crippen LogP contribution in [0.25, 0.3) is 10.2 Å². The van der Waals surface area contributed by atoms with Crippen LogP contribution in [0, 0.1) is 0 Å². The second-order valence-corrected chi connectivity index (χ2v) is 4.21. The van der Waals surface area contributed by atoms with Crippen molar-refractivity contribution in [3.05, 3.63) is 21.8 Å². The minimum atomic E-state index is 0.0819. The van der Waals surface area contributed by atoms with E-state index in [0.29, 0.717) is 0 Å². The van der Waals surface area contributed by atoms with Crippen molar-refractivity contribution in [2.24, 2.45) is 0 Å². The van der Waals surface area contributed by atoms with Gasteiger partial charge in [-0.25, -0.2) is 4.98 Å². The molecule has 0 atom stereocenters. The number of hydrogen-bond acceptors (Lipinski definition) is 4. The van der Waals surface area contributed by atoms with E-state index < -0.39 is 0 Å². The van der Waals surface area contributed by atoms with Crippen molar-refractivity contribution in [3.8, 4) is 0 Å². The molecule has 4 nitrogen and oxygen atoms in total. The summed E-state index contributed by atoms with van der Waals surface area (Å²) in [7, 11) is 0. The highest BCUT2D eigenvalue weighted by molar-refractivity contribution is 7.16. The molecule has 0 fully saturated rings. The zero-order valence-electron chi connectivity index (χ0n) is 7.49. The van der Waals surface area contributed by atoms with E-state index in [1.807, 2.05) is 11.4 Å². The Morgan fingerprint density at radius 3 is 3.43 bits per heavy atom. The smallest absolute Gasteiger partial charge is 0.263 e. The molecule has 72 valence electrons. The van der Waals surface area contributed by atoms with Gasteiger partial charge in [-0.1, -0.05) is 0 Å². The van der Waals surface area contributed by atoms with Gasteiger partial charge in [-0.15, -0.1) is 11.3 Å². The van der Waals surface area contributed by atoms with E-state index >= 15 is 0 Å². The molecule has 1 aliphatic heterocycles. The molecule has 0 unspecified atom stereocenters. The third-order valence-corrected chi connectivity index (χ3v) is 3.23. The van der Waals surface area contributed by atoms with Crippen LogP contribution in [0.2, 0.25) is 0 Å². The minimum absolute atomic E-state index is 0.0819. The quantitative estimate of drug-likeness (QED) is 0.707. The largest absolute Gasteiger partial charge is 0.355 e. The molecule has 0 saturated heterocycles. The molecule has 0 radical (unpaired) electrons. The molecule has 3 heterocycles. The maximum absolute atomic E-state index is 11.9. The van der Waals surface area contributed by atoms with Gasteiger partial charge in [-0.3, -0.25) is 9.36 Å². The lowest BCUT2D eigenvalue weighted by molar-refractivity contribution is 0.602. The number of aromatic nitrogens is 2. The topological polar surface area (TPSA) is 46.9 Å². The van der Waals surface area contributed by atoms with Gasteiger partial charge in [-0.05, 0) is 17.9 Å². The number of thiophene rings is 1. The Balaban J connectivity index is 2.42. The Bertz CT molecular complexity index is 542. The van der Waals surface area contributed by atoms with Crippen molar-refractivity contribution in [1.29, 1.82) is 0 Å². The summed E-state index contributed by atoms with van der Waals surface area (Å²) in [6.07, 6.45) is 0.990. The van der Waals surface area contributed by atoms with Crippen molar-refractivity contribution < 1.29 is 0 Å². The summed E-state index contributed by atoms with van der Waals surface area (Å²) in [6, 6.07) is 1.84. The van der Waals surface area contributed by atoms with E-state index in [1.54, 1.807) is 4.57 Å². The molecule has 3 rings (SSSR count). The summed E-state index contributed by atoms with van der Waals surface area (Å²) in [4.78, 5) is 17.2. The van der Waals surface area contributed by atoms with Crippen LogP contribution >= 0.6 is 11.3 Å². The van der Waals surface area contributed by atoms with Crippen LogP contribution in [0.3, 0.4) is 0 Å². The first-order valence-electron chi connectivity index (χ1n) is 4.58. The number of anilines is 1. The Morgan fingerprint density at radius 2 is 2.50 bits per heavy atom. The summed E-state index contributed by atoms with van der Waals surface area (Å²) in [5.41, 5.74) is 0.0819. The minimum Gasteiger partial charge on any atom is -0.355 e. The second kappa shape index (κ2) is 2.81. The molecule has 5 heteroatoms. The van der Waals surface area contributed by atoms with Gasteiger partial charge < -0.3 is 5.32 Å². The van der Waals surface area contributed by atoms with Crippen LogP contribution in [-0.4, -0.2) is 16.1 Å². The molecule has 1 aliphatic rings. The molecular weight excluding hydrogens is 198 g/mol. The highest BCUT2D eigenvalue weighted by Gasteiger charge is 2.13. The third-order valence-electron chi connectivity index (χ3n) is 2.43. The molecule has 0 aliphatic carbocycles. The Morgan fingerprint density at radius 1 is 1.57 bits per heavy atom. The van der Waals surface area contributed by atoms with Gasteiger partial charge in [0.25, 0.3) is 5.56 Å². The predicted molar refractivity (Wildman–Crippen MR) is 57.0 cm³/mol. The number of hydrogen-bond donors (Lipinski definition) is 1. The molecule has 0 amide bonds. The van der Waals surface area contributed by atoms with Gasteiger partial charge in [0, 0.05) is 13.1 Å². The van der Waals surface area contributed by atoms with Gasteiger partial charge >= 0.3 is 0 Å². The van der Waals surface area contributed by atoms with E-state index in [2.05, 4.69) is 10.3 Å². The highest BCUT2D eigenvalue weighted by atomic mass is 32.1. The zero-order valence-corrected chi connectivity index (χ0v) is 8.30. The average molecular weight is 207 g/mol. The first-order chi connectivity index (χ1) is 6.86. The predicted octanol–water partition coefficient (Wildman–Crippen LogP) is 1.27. The molecule has 0 spiro atoms. The van der Waals surface area contributed by atoms with Crippen molar-refractivity contribution in [2.45, 2.75) is 13.0 Å². The maximum Gasteiger partial charge on any atom is 0.263 e. The van der Waals surface area contributed by atoms with E-state index in [1.165, 1.54) is 11.3 Å². The lowest BCUT2D eigenvalue weighted by Gasteiger charge is -2.18. The Labute approximate surface area is 84.2 Å². The van der Waals surface area contributed by atoms with Gasteiger partial charge in [0.05, 0.1) is 5.39 Å². The molecular formula is C9H9N3OS. The summed E-state index contributed by atoms with van der Waals surface area (Å²) < 4.78 is 1.72.